The van der Waals surface area contributed by atoms with Gasteiger partial charge in [-0.05, 0) is 19.1 Å². The predicted octanol–water partition coefficient (Wildman–Crippen LogP) is 0.867. The third-order valence-electron chi connectivity index (χ3n) is 3.64. The number of hydroxylamine groups is 1. The van der Waals surface area contributed by atoms with Gasteiger partial charge >= 0.3 is 0 Å². The zero-order chi connectivity index (χ0) is 13.7. The Hall–Kier alpha value is -2.28. The van der Waals surface area contributed by atoms with Crippen molar-refractivity contribution < 1.29 is 4.84 Å². The first-order valence-electron chi connectivity index (χ1n) is 6.70. The second-order valence-corrected chi connectivity index (χ2v) is 4.91. The molecule has 1 aromatic carbocycles. The van der Waals surface area contributed by atoms with Gasteiger partial charge in [-0.2, -0.15) is 10.3 Å². The molecule has 1 aromatic rings. The van der Waals surface area contributed by atoms with Gasteiger partial charge in [-0.1, -0.05) is 12.1 Å². The van der Waals surface area contributed by atoms with Crippen LogP contribution in [-0.4, -0.2) is 53.8 Å². The van der Waals surface area contributed by atoms with Crippen LogP contribution >= 0.6 is 0 Å². The molecule has 0 radical (unpaired) electrons. The highest BCUT2D eigenvalue weighted by atomic mass is 16.7. The van der Waals surface area contributed by atoms with Crippen LogP contribution < -0.4 is 5.01 Å². The highest BCUT2D eigenvalue weighted by molar-refractivity contribution is 6.06. The number of nitrogens with zero attached hydrogens (tertiary/aromatic N) is 6. The van der Waals surface area contributed by atoms with Crippen molar-refractivity contribution in [2.24, 2.45) is 10.2 Å². The number of para-hydroxylation sites is 1. The van der Waals surface area contributed by atoms with Crippen molar-refractivity contribution in [2.75, 3.05) is 25.3 Å². The van der Waals surface area contributed by atoms with Crippen molar-refractivity contribution in [3.63, 3.8) is 0 Å². The minimum Gasteiger partial charge on any atom is -0.325 e. The maximum Gasteiger partial charge on any atom is 0.204 e. The van der Waals surface area contributed by atoms with Crippen LogP contribution in [-0.2, 0) is 4.84 Å². The van der Waals surface area contributed by atoms with Gasteiger partial charge in [-0.3, -0.25) is 9.74 Å². The first-order valence-corrected chi connectivity index (χ1v) is 6.70. The normalized spacial score (nSPS) is 22.9. The molecule has 1 unspecified atom stereocenters. The van der Waals surface area contributed by atoms with Gasteiger partial charge in [-0.15, -0.1) is 5.10 Å². The van der Waals surface area contributed by atoms with E-state index in [1.807, 2.05) is 37.5 Å². The highest BCUT2D eigenvalue weighted by Gasteiger charge is 2.44. The minimum atomic E-state index is 0.0223. The molecule has 0 saturated carbocycles. The summed E-state index contributed by atoms with van der Waals surface area (Å²) in [6, 6.07) is 8.19. The molecule has 0 spiro atoms. The molecule has 0 bridgehead atoms. The molecule has 3 aliphatic rings. The number of benzene rings is 1. The van der Waals surface area contributed by atoms with Crippen molar-refractivity contribution in [1.82, 2.24) is 15.0 Å². The number of anilines is 1. The van der Waals surface area contributed by atoms with Crippen LogP contribution in [0.15, 0.2) is 34.5 Å². The Morgan fingerprint density at radius 1 is 1.35 bits per heavy atom. The lowest BCUT2D eigenvalue weighted by Crippen LogP contribution is -2.56. The molecule has 0 aliphatic carbocycles. The highest BCUT2D eigenvalue weighted by Crippen LogP contribution is 2.36. The Labute approximate surface area is 117 Å². The van der Waals surface area contributed by atoms with E-state index < -0.39 is 0 Å². The van der Waals surface area contributed by atoms with Crippen LogP contribution in [0.4, 0.5) is 5.69 Å². The molecular weight excluding hydrogens is 256 g/mol. The van der Waals surface area contributed by atoms with Gasteiger partial charge in [0.25, 0.3) is 0 Å². The zero-order valence-corrected chi connectivity index (χ0v) is 11.5. The Balaban J connectivity index is 1.82. The number of amidine groups is 1. The van der Waals surface area contributed by atoms with Crippen LogP contribution in [0.25, 0.3) is 0 Å². The summed E-state index contributed by atoms with van der Waals surface area (Å²) >= 11 is 0. The van der Waals surface area contributed by atoms with E-state index in [1.165, 1.54) is 0 Å². The Bertz CT molecular complexity index is 600. The summed E-state index contributed by atoms with van der Waals surface area (Å²) in [6.45, 7) is 3.17. The molecule has 0 aromatic heterocycles. The first kappa shape index (κ1) is 11.5. The van der Waals surface area contributed by atoms with Crippen LogP contribution in [0.1, 0.15) is 12.5 Å². The number of hydrogen-bond acceptors (Lipinski definition) is 7. The van der Waals surface area contributed by atoms with Gasteiger partial charge in [0, 0.05) is 12.6 Å². The second kappa shape index (κ2) is 4.11. The Morgan fingerprint density at radius 3 is 3.05 bits per heavy atom. The van der Waals surface area contributed by atoms with Crippen molar-refractivity contribution in [3.8, 4) is 0 Å². The maximum absolute atomic E-state index is 5.52. The molecular formula is C13H16N6O. The molecule has 0 amide bonds. The standard InChI is InChI=1S/C13H16N6O/c1-3-20-18-9-17-12(15-18)10-6-4-5-7-11(10)19-13(17)16(2)8-14-19/h4-8,13H,3,9H2,1-2H3. The van der Waals surface area contributed by atoms with Crippen LogP contribution in [0.2, 0.25) is 0 Å². The molecule has 0 N–H and O–H groups in total. The molecule has 1 atom stereocenters. The number of hydrogen-bond donors (Lipinski definition) is 0. The summed E-state index contributed by atoms with van der Waals surface area (Å²) in [5.41, 5.74) is 2.16. The minimum absolute atomic E-state index is 0.0223. The summed E-state index contributed by atoms with van der Waals surface area (Å²) in [4.78, 5) is 9.78. The number of fused-ring (bicyclic) bond motifs is 6. The predicted molar refractivity (Wildman–Crippen MR) is 75.7 cm³/mol. The monoisotopic (exact) mass is 272 g/mol. The molecule has 0 saturated heterocycles. The van der Waals surface area contributed by atoms with E-state index in [4.69, 9.17) is 4.84 Å². The van der Waals surface area contributed by atoms with Crippen molar-refractivity contribution in [3.05, 3.63) is 29.8 Å². The van der Waals surface area contributed by atoms with E-state index >= 15 is 0 Å². The summed E-state index contributed by atoms with van der Waals surface area (Å²) < 4.78 is 0. The average molecular weight is 272 g/mol. The fourth-order valence-corrected chi connectivity index (χ4v) is 2.83. The van der Waals surface area contributed by atoms with Gasteiger partial charge < -0.3 is 4.90 Å². The van der Waals surface area contributed by atoms with Gasteiger partial charge in [0.05, 0.1) is 12.3 Å². The molecule has 104 valence electrons. The summed E-state index contributed by atoms with van der Waals surface area (Å²) in [7, 11) is 2.02. The summed E-state index contributed by atoms with van der Waals surface area (Å²) in [6.07, 6.45) is 1.86. The quantitative estimate of drug-likeness (QED) is 0.799. The zero-order valence-electron chi connectivity index (χ0n) is 11.5. The van der Waals surface area contributed by atoms with E-state index in [9.17, 15) is 0 Å². The molecule has 3 heterocycles. The lowest BCUT2D eigenvalue weighted by Gasteiger charge is -2.40. The summed E-state index contributed by atoms with van der Waals surface area (Å²) in [5, 5.41) is 12.7. The average Bonchev–Trinajstić information content (AvgIpc) is 3.03. The van der Waals surface area contributed by atoms with E-state index in [2.05, 4.69) is 32.1 Å². The van der Waals surface area contributed by atoms with Crippen molar-refractivity contribution in [2.45, 2.75) is 13.2 Å². The lowest BCUT2D eigenvalue weighted by atomic mass is 10.1. The van der Waals surface area contributed by atoms with E-state index in [0.29, 0.717) is 13.3 Å². The smallest absolute Gasteiger partial charge is 0.204 e. The first-order chi connectivity index (χ1) is 9.79. The van der Waals surface area contributed by atoms with Crippen LogP contribution in [0.5, 0.6) is 0 Å². The number of rotatable bonds is 2. The molecule has 4 rings (SSSR count). The largest absolute Gasteiger partial charge is 0.325 e. The third kappa shape index (κ3) is 1.44. The molecule has 7 heteroatoms. The maximum atomic E-state index is 5.52. The van der Waals surface area contributed by atoms with Gasteiger partial charge in [0.2, 0.25) is 6.29 Å². The van der Waals surface area contributed by atoms with Gasteiger partial charge in [0.15, 0.2) is 5.84 Å². The lowest BCUT2D eigenvalue weighted by molar-refractivity contribution is -0.163. The van der Waals surface area contributed by atoms with Crippen LogP contribution in [0, 0.1) is 0 Å². The SMILES string of the molecule is CCON1CN2C(=N1)c1ccccc1N1N=CN(C)C21. The number of hydrazone groups is 2. The van der Waals surface area contributed by atoms with E-state index in [-0.39, 0.29) is 6.29 Å². The van der Waals surface area contributed by atoms with E-state index in [0.717, 1.165) is 17.1 Å². The second-order valence-electron chi connectivity index (χ2n) is 4.91. The third-order valence-corrected chi connectivity index (χ3v) is 3.64. The molecule has 0 fully saturated rings. The summed E-state index contributed by atoms with van der Waals surface area (Å²) in [5.74, 6) is 0.938. The van der Waals surface area contributed by atoms with Crippen molar-refractivity contribution in [1.29, 1.82) is 0 Å². The van der Waals surface area contributed by atoms with Gasteiger partial charge in [-0.25, -0.2) is 5.01 Å². The van der Waals surface area contributed by atoms with Crippen molar-refractivity contribution >= 4 is 17.9 Å². The van der Waals surface area contributed by atoms with Gasteiger partial charge in [0.1, 0.15) is 13.0 Å². The fourth-order valence-electron chi connectivity index (χ4n) is 2.83. The Kier molecular flexibility index (Phi) is 2.37. The molecule has 7 nitrogen and oxygen atoms in total. The topological polar surface area (TPSA) is 46.9 Å². The van der Waals surface area contributed by atoms with E-state index in [1.54, 1.807) is 5.17 Å². The molecule has 20 heavy (non-hydrogen) atoms. The fraction of sp³-hybridized carbons (Fsp3) is 0.385. The molecule has 3 aliphatic heterocycles. The van der Waals surface area contributed by atoms with Crippen LogP contribution in [0.3, 0.4) is 0 Å². The Morgan fingerprint density at radius 2 is 2.20 bits per heavy atom.